The minimum atomic E-state index is 1.31. The van der Waals surface area contributed by atoms with E-state index in [-0.39, 0.29) is 0 Å². The van der Waals surface area contributed by atoms with Crippen LogP contribution < -0.4 is 0 Å². The summed E-state index contributed by atoms with van der Waals surface area (Å²) < 4.78 is 0. The summed E-state index contributed by atoms with van der Waals surface area (Å²) in [6, 6.07) is 0. The molecule has 1 heteroatoms. The molecule has 0 nitrogen and oxygen atoms in total. The molecule has 0 N–H and O–H groups in total. The molecule has 0 unspecified atom stereocenters. The van der Waals surface area contributed by atoms with E-state index in [4.69, 9.17) is 0 Å². The van der Waals surface area contributed by atoms with Crippen molar-refractivity contribution < 1.29 is 0 Å². The van der Waals surface area contributed by atoms with Crippen LogP contribution in [-0.2, 0) is 0 Å². The van der Waals surface area contributed by atoms with Crippen LogP contribution in [0.3, 0.4) is 0 Å². The van der Waals surface area contributed by atoms with Crippen molar-refractivity contribution in [2.75, 3.05) is 0 Å². The van der Waals surface area contributed by atoms with Crippen LogP contribution in [0, 0.1) is 0 Å². The third-order valence-electron chi connectivity index (χ3n) is 7.01. The number of rotatable bonds is 28. The average molecular weight is 497 g/mol. The summed E-state index contributed by atoms with van der Waals surface area (Å²) in [6.07, 6.45) is 41.4. The zero-order chi connectivity index (χ0) is 22.5. The Balaban J connectivity index is 2.98. The normalized spacial score (nSPS) is 11.4. The van der Waals surface area contributed by atoms with Gasteiger partial charge in [0.05, 0.1) is 0 Å². The molecule has 0 rings (SSSR count). The summed E-state index contributed by atoms with van der Waals surface area (Å²) in [4.78, 5) is 0. The van der Waals surface area contributed by atoms with Gasteiger partial charge in [0.25, 0.3) is 0 Å². The summed E-state index contributed by atoms with van der Waals surface area (Å²) in [7, 11) is 0. The van der Waals surface area contributed by atoms with Crippen molar-refractivity contribution in [1.82, 2.24) is 0 Å². The predicted molar refractivity (Wildman–Crippen MR) is 146 cm³/mol. The molecule has 2 radical (unpaired) electrons. The second-order valence-electron chi connectivity index (χ2n) is 10.3. The van der Waals surface area contributed by atoms with E-state index >= 15 is 0 Å². The van der Waals surface area contributed by atoms with Crippen LogP contribution in [0.2, 0.25) is 5.21 Å². The fraction of sp³-hybridized carbons (Fsp3) is 1.00. The van der Waals surface area contributed by atoms with Crippen LogP contribution in [-0.4, -0.2) is 16.9 Å². The first-order chi connectivity index (χ1) is 15.4. The molecule has 0 aromatic carbocycles. The number of hydrogen-bond acceptors (Lipinski definition) is 0. The van der Waals surface area contributed by atoms with Crippen LogP contribution in [0.15, 0.2) is 0 Å². The number of hydrogen-bond donors (Lipinski definition) is 0. The molecule has 31 heavy (non-hydrogen) atoms. The average Bonchev–Trinajstić information content (AvgIpc) is 2.78. The summed E-state index contributed by atoms with van der Waals surface area (Å²) in [6.45, 7) is 2.31. The van der Waals surface area contributed by atoms with Gasteiger partial charge >= 0.3 is 92.7 Å². The summed E-state index contributed by atoms with van der Waals surface area (Å²) >= 11 is 2.71. The van der Waals surface area contributed by atoms with Gasteiger partial charge in [-0.3, -0.25) is 0 Å². The molecule has 0 aliphatic heterocycles. The van der Waals surface area contributed by atoms with E-state index in [1.807, 2.05) is 0 Å². The molecule has 0 aliphatic rings. The Hall–Kier alpha value is 0.558. The van der Waals surface area contributed by atoms with Crippen LogP contribution in [0.4, 0.5) is 0 Å². The SMILES string of the molecule is CCCCCCCCCCCCCCCCCCCCCCCCCCCCCC[As]. The monoisotopic (exact) mass is 496 g/mol. The first kappa shape index (κ1) is 31.6. The van der Waals surface area contributed by atoms with Gasteiger partial charge in [0.15, 0.2) is 0 Å². The molecule has 0 heterocycles. The van der Waals surface area contributed by atoms with E-state index in [0.717, 1.165) is 0 Å². The predicted octanol–water partition coefficient (Wildman–Crippen LogP) is 11.5. The van der Waals surface area contributed by atoms with E-state index in [9.17, 15) is 0 Å². The quantitative estimate of drug-likeness (QED) is 0.0746. The molecule has 0 saturated carbocycles. The van der Waals surface area contributed by atoms with Crippen molar-refractivity contribution in [2.45, 2.75) is 192 Å². The fourth-order valence-corrected chi connectivity index (χ4v) is 5.25. The van der Waals surface area contributed by atoms with Gasteiger partial charge < -0.3 is 0 Å². The minimum absolute atomic E-state index is 1.31. The van der Waals surface area contributed by atoms with Gasteiger partial charge in [-0.1, -0.05) is 116 Å². The van der Waals surface area contributed by atoms with Gasteiger partial charge in [0.1, 0.15) is 0 Å². The summed E-state index contributed by atoms with van der Waals surface area (Å²) in [5, 5.41) is 1.31. The number of unbranched alkanes of at least 4 members (excludes halogenated alkanes) is 27. The van der Waals surface area contributed by atoms with E-state index in [1.165, 1.54) is 185 Å². The van der Waals surface area contributed by atoms with Crippen molar-refractivity contribution in [3.05, 3.63) is 0 Å². The van der Waals surface area contributed by atoms with E-state index < -0.39 is 0 Å². The van der Waals surface area contributed by atoms with Crippen molar-refractivity contribution in [1.29, 1.82) is 0 Å². The third kappa shape index (κ3) is 30.6. The molecule has 0 spiro atoms. The van der Waals surface area contributed by atoms with Crippen molar-refractivity contribution in [2.24, 2.45) is 0 Å². The van der Waals surface area contributed by atoms with Crippen LogP contribution in [0.5, 0.6) is 0 Å². The summed E-state index contributed by atoms with van der Waals surface area (Å²) in [5.74, 6) is 0. The van der Waals surface area contributed by atoms with Crippen molar-refractivity contribution in [3.63, 3.8) is 0 Å². The Bertz CT molecular complexity index is 260. The molecule has 0 bridgehead atoms. The van der Waals surface area contributed by atoms with Crippen molar-refractivity contribution in [3.8, 4) is 0 Å². The molecular formula is C30H61As. The molecule has 0 aromatic rings. The second kappa shape index (κ2) is 30.6. The molecule has 0 atom stereocenters. The molecule has 186 valence electrons. The zero-order valence-corrected chi connectivity index (χ0v) is 23.8. The van der Waals surface area contributed by atoms with Gasteiger partial charge in [-0.2, -0.15) is 0 Å². The molecule has 0 aliphatic carbocycles. The zero-order valence-electron chi connectivity index (χ0n) is 22.0. The third-order valence-corrected chi connectivity index (χ3v) is 7.68. The Morgan fingerprint density at radius 3 is 0.581 bits per heavy atom. The molecule has 0 fully saturated rings. The van der Waals surface area contributed by atoms with Crippen molar-refractivity contribution >= 4 is 16.9 Å². The molecule has 0 amide bonds. The molecular weight excluding hydrogens is 435 g/mol. The molecule has 0 aromatic heterocycles. The van der Waals surface area contributed by atoms with Gasteiger partial charge in [-0.15, -0.1) is 0 Å². The van der Waals surface area contributed by atoms with Crippen LogP contribution >= 0.6 is 0 Å². The Kier molecular flexibility index (Phi) is 31.1. The van der Waals surface area contributed by atoms with Gasteiger partial charge in [0.2, 0.25) is 0 Å². The Labute approximate surface area is 208 Å². The van der Waals surface area contributed by atoms with E-state index in [2.05, 4.69) is 23.8 Å². The first-order valence-electron chi connectivity index (χ1n) is 15.0. The van der Waals surface area contributed by atoms with E-state index in [1.54, 1.807) is 0 Å². The van der Waals surface area contributed by atoms with Gasteiger partial charge in [-0.25, -0.2) is 0 Å². The van der Waals surface area contributed by atoms with E-state index in [0.29, 0.717) is 0 Å². The first-order valence-corrected chi connectivity index (χ1v) is 16.4. The van der Waals surface area contributed by atoms with Gasteiger partial charge in [0, 0.05) is 0 Å². The Morgan fingerprint density at radius 2 is 0.419 bits per heavy atom. The summed E-state index contributed by atoms with van der Waals surface area (Å²) in [5.41, 5.74) is 0. The fourth-order valence-electron chi connectivity index (χ4n) is 4.78. The van der Waals surface area contributed by atoms with Gasteiger partial charge in [-0.05, 0) is 0 Å². The maximum atomic E-state index is 2.71. The van der Waals surface area contributed by atoms with Crippen LogP contribution in [0.25, 0.3) is 0 Å². The standard InChI is InChI=1S/C30H61As/c1-2-3-4-5-6-7-8-9-10-11-12-13-14-15-16-17-18-19-20-21-22-23-24-25-26-27-28-29-30-31/h2-30H2,1H3. The Morgan fingerprint density at radius 1 is 0.258 bits per heavy atom. The second-order valence-corrected chi connectivity index (χ2v) is 11.2. The maximum absolute atomic E-state index is 2.71. The van der Waals surface area contributed by atoms with Crippen LogP contribution in [0.1, 0.15) is 187 Å². The molecule has 0 saturated heterocycles. The topological polar surface area (TPSA) is 0 Å².